The Kier molecular flexibility index (Phi) is 4.45. The molecule has 0 unspecified atom stereocenters. The van der Waals surface area contributed by atoms with Crippen LogP contribution in [0.2, 0.25) is 0 Å². The van der Waals surface area contributed by atoms with E-state index in [2.05, 4.69) is 20.7 Å². The summed E-state index contributed by atoms with van der Waals surface area (Å²) in [5.74, 6) is 0.0382. The van der Waals surface area contributed by atoms with Gasteiger partial charge >= 0.3 is 0 Å². The summed E-state index contributed by atoms with van der Waals surface area (Å²) in [5, 5.41) is 9.04. The van der Waals surface area contributed by atoms with Crippen LogP contribution >= 0.6 is 15.9 Å². The molecule has 0 saturated carbocycles. The highest BCUT2D eigenvalue weighted by Crippen LogP contribution is 2.25. The minimum absolute atomic E-state index is 0.0382. The van der Waals surface area contributed by atoms with Gasteiger partial charge in [0, 0.05) is 23.0 Å². The van der Waals surface area contributed by atoms with Gasteiger partial charge in [0.2, 0.25) is 10.0 Å². The first-order valence-electron chi connectivity index (χ1n) is 6.00. The summed E-state index contributed by atoms with van der Waals surface area (Å²) >= 11 is 3.33. The van der Waals surface area contributed by atoms with E-state index in [-0.39, 0.29) is 23.5 Å². The Morgan fingerprint density at radius 3 is 2.79 bits per heavy atom. The maximum atomic E-state index is 12.3. The highest BCUT2D eigenvalue weighted by atomic mass is 79.9. The fraction of sp³-hybridized carbons (Fsp3) is 0.385. The Labute approximate surface area is 121 Å². The second-order valence-electron chi connectivity index (χ2n) is 4.65. The maximum absolute atomic E-state index is 12.3. The number of hydrogen-bond donors (Lipinski definition) is 2. The quantitative estimate of drug-likeness (QED) is 0.820. The van der Waals surface area contributed by atoms with Crippen molar-refractivity contribution in [2.24, 2.45) is 5.92 Å². The van der Waals surface area contributed by atoms with Gasteiger partial charge in [0.25, 0.3) is 0 Å². The highest BCUT2D eigenvalue weighted by Gasteiger charge is 2.25. The predicted octanol–water partition coefficient (Wildman–Crippen LogP) is 1.97. The summed E-state index contributed by atoms with van der Waals surface area (Å²) in [6.45, 7) is 1.81. The van der Waals surface area contributed by atoms with E-state index in [4.69, 9.17) is 5.11 Å². The molecule has 1 aliphatic rings. The third kappa shape index (κ3) is 3.25. The molecule has 0 spiro atoms. The van der Waals surface area contributed by atoms with Gasteiger partial charge in [0.1, 0.15) is 0 Å². The standard InChI is InChI=1S/C13H16BrNO3S/c1-9-12(14)3-2-4-13(9)19(17,18)15-11-6-5-10(7-11)8-16/h2-6,10-11,15-16H,7-8H2,1H3/t10-,11+/m0/s1. The molecule has 4 nitrogen and oxygen atoms in total. The molecule has 0 bridgehead atoms. The predicted molar refractivity (Wildman–Crippen MR) is 77.3 cm³/mol. The number of hydrogen-bond acceptors (Lipinski definition) is 3. The van der Waals surface area contributed by atoms with Crippen molar-refractivity contribution in [3.05, 3.63) is 40.4 Å². The molecule has 6 heteroatoms. The van der Waals surface area contributed by atoms with Crippen molar-refractivity contribution in [2.75, 3.05) is 6.61 Å². The number of halogens is 1. The van der Waals surface area contributed by atoms with Crippen molar-refractivity contribution >= 4 is 26.0 Å². The normalized spacial score (nSPS) is 22.9. The van der Waals surface area contributed by atoms with Crippen LogP contribution < -0.4 is 4.72 Å². The molecule has 1 aromatic carbocycles. The molecule has 1 aromatic rings. The summed E-state index contributed by atoms with van der Waals surface area (Å²) in [4.78, 5) is 0.280. The Hall–Kier alpha value is -0.690. The van der Waals surface area contributed by atoms with Crippen LogP contribution in [0, 0.1) is 12.8 Å². The van der Waals surface area contributed by atoms with Gasteiger partial charge in [-0.25, -0.2) is 13.1 Å². The number of benzene rings is 1. The van der Waals surface area contributed by atoms with Gasteiger partial charge in [0.05, 0.1) is 4.90 Å². The van der Waals surface area contributed by atoms with Crippen LogP contribution in [-0.2, 0) is 10.0 Å². The van der Waals surface area contributed by atoms with Crippen molar-refractivity contribution in [3.8, 4) is 0 Å². The van der Waals surface area contributed by atoms with Gasteiger partial charge in [-0.05, 0) is 31.0 Å². The van der Waals surface area contributed by atoms with Crippen molar-refractivity contribution in [3.63, 3.8) is 0 Å². The molecular formula is C13H16BrNO3S. The first-order valence-corrected chi connectivity index (χ1v) is 8.28. The first-order chi connectivity index (χ1) is 8.94. The molecule has 0 aliphatic heterocycles. The fourth-order valence-corrected chi connectivity index (χ4v) is 4.11. The first kappa shape index (κ1) is 14.7. The molecule has 0 fully saturated rings. The van der Waals surface area contributed by atoms with Crippen molar-refractivity contribution < 1.29 is 13.5 Å². The van der Waals surface area contributed by atoms with E-state index in [0.717, 1.165) is 4.47 Å². The molecular weight excluding hydrogens is 330 g/mol. The third-order valence-corrected chi connectivity index (χ3v) is 5.71. The lowest BCUT2D eigenvalue weighted by atomic mass is 10.1. The maximum Gasteiger partial charge on any atom is 0.241 e. The van der Waals surface area contributed by atoms with Gasteiger partial charge in [-0.1, -0.05) is 34.1 Å². The highest BCUT2D eigenvalue weighted by molar-refractivity contribution is 9.10. The zero-order chi connectivity index (χ0) is 14.0. The van der Waals surface area contributed by atoms with Crippen LogP contribution in [0.4, 0.5) is 0 Å². The summed E-state index contributed by atoms with van der Waals surface area (Å²) in [6.07, 6.45) is 4.25. The molecule has 0 heterocycles. The summed E-state index contributed by atoms with van der Waals surface area (Å²) in [6, 6.07) is 4.85. The summed E-state index contributed by atoms with van der Waals surface area (Å²) in [7, 11) is -3.54. The molecule has 0 radical (unpaired) electrons. The van der Waals surface area contributed by atoms with Crippen LogP contribution in [0.1, 0.15) is 12.0 Å². The number of aliphatic hydroxyl groups excluding tert-OH is 1. The molecule has 2 atom stereocenters. The fourth-order valence-electron chi connectivity index (χ4n) is 2.14. The minimum atomic E-state index is -3.54. The lowest BCUT2D eigenvalue weighted by molar-refractivity contribution is 0.248. The van der Waals surface area contributed by atoms with E-state index in [1.807, 2.05) is 12.1 Å². The van der Waals surface area contributed by atoms with E-state index in [1.54, 1.807) is 25.1 Å². The van der Waals surface area contributed by atoms with Crippen molar-refractivity contribution in [1.29, 1.82) is 0 Å². The molecule has 0 amide bonds. The number of sulfonamides is 1. The minimum Gasteiger partial charge on any atom is -0.396 e. The number of nitrogens with one attached hydrogen (secondary N) is 1. The second kappa shape index (κ2) is 5.75. The van der Waals surface area contributed by atoms with Crippen LogP contribution in [0.25, 0.3) is 0 Å². The van der Waals surface area contributed by atoms with Gasteiger partial charge in [0.15, 0.2) is 0 Å². The van der Waals surface area contributed by atoms with E-state index in [0.29, 0.717) is 12.0 Å². The van der Waals surface area contributed by atoms with Crippen LogP contribution in [0.5, 0.6) is 0 Å². The second-order valence-corrected chi connectivity index (χ2v) is 7.19. The van der Waals surface area contributed by atoms with Crippen LogP contribution in [0.15, 0.2) is 39.7 Å². The lowest BCUT2D eigenvalue weighted by Gasteiger charge is -2.15. The molecule has 1 aliphatic carbocycles. The van der Waals surface area contributed by atoms with Gasteiger partial charge in [-0.3, -0.25) is 0 Å². The van der Waals surface area contributed by atoms with Gasteiger partial charge in [-0.15, -0.1) is 0 Å². The van der Waals surface area contributed by atoms with Gasteiger partial charge < -0.3 is 5.11 Å². The van der Waals surface area contributed by atoms with E-state index >= 15 is 0 Å². The Morgan fingerprint density at radius 1 is 1.42 bits per heavy atom. The van der Waals surface area contributed by atoms with E-state index in [9.17, 15) is 8.42 Å². The molecule has 0 saturated heterocycles. The van der Waals surface area contributed by atoms with E-state index < -0.39 is 10.0 Å². The summed E-state index contributed by atoms with van der Waals surface area (Å²) in [5.41, 5.74) is 0.690. The molecule has 19 heavy (non-hydrogen) atoms. The monoisotopic (exact) mass is 345 g/mol. The Balaban J connectivity index is 2.20. The lowest BCUT2D eigenvalue weighted by Crippen LogP contribution is -2.33. The molecule has 2 rings (SSSR count). The van der Waals surface area contributed by atoms with E-state index in [1.165, 1.54) is 0 Å². The van der Waals surface area contributed by atoms with Gasteiger partial charge in [-0.2, -0.15) is 0 Å². The molecule has 0 aromatic heterocycles. The smallest absolute Gasteiger partial charge is 0.241 e. The third-order valence-electron chi connectivity index (χ3n) is 3.22. The number of rotatable bonds is 4. The summed E-state index contributed by atoms with van der Waals surface area (Å²) < 4.78 is 28.1. The van der Waals surface area contributed by atoms with Crippen LogP contribution in [-0.4, -0.2) is 26.2 Å². The van der Waals surface area contributed by atoms with Crippen molar-refractivity contribution in [2.45, 2.75) is 24.3 Å². The zero-order valence-corrected chi connectivity index (χ0v) is 12.9. The van der Waals surface area contributed by atoms with Crippen molar-refractivity contribution in [1.82, 2.24) is 4.72 Å². The average molecular weight is 346 g/mol. The molecule has 2 N–H and O–H groups in total. The number of aliphatic hydroxyl groups is 1. The Bertz CT molecular complexity index is 598. The average Bonchev–Trinajstić information content (AvgIpc) is 2.79. The topological polar surface area (TPSA) is 66.4 Å². The van der Waals surface area contributed by atoms with Crippen LogP contribution in [0.3, 0.4) is 0 Å². The zero-order valence-electron chi connectivity index (χ0n) is 10.5. The Morgan fingerprint density at radius 2 is 2.16 bits per heavy atom. The molecule has 104 valence electrons. The largest absolute Gasteiger partial charge is 0.396 e. The SMILES string of the molecule is Cc1c(Br)cccc1S(=O)(=O)N[C@@H]1C=C[C@H](CO)C1.